The molecule has 9 aromatic rings. The Bertz CT molecular complexity index is 2550. The van der Waals surface area contributed by atoms with Crippen molar-refractivity contribution >= 4 is 32.7 Å². The summed E-state index contributed by atoms with van der Waals surface area (Å²) in [5, 5.41) is 4.39. The summed E-state index contributed by atoms with van der Waals surface area (Å²) < 4.78 is 6.49. The van der Waals surface area contributed by atoms with Crippen LogP contribution in [-0.2, 0) is 0 Å². The average Bonchev–Trinajstić information content (AvgIpc) is 3.53. The molecule has 9 rings (SSSR count). The lowest BCUT2D eigenvalue weighted by Crippen LogP contribution is -2.00. The van der Waals surface area contributed by atoms with Crippen molar-refractivity contribution < 1.29 is 4.42 Å². The van der Waals surface area contributed by atoms with Crippen molar-refractivity contribution in [3.63, 3.8) is 0 Å². The Morgan fingerprint density at radius 2 is 0.915 bits per heavy atom. The van der Waals surface area contributed by atoms with Crippen molar-refractivity contribution in [2.75, 3.05) is 0 Å². The summed E-state index contributed by atoms with van der Waals surface area (Å²) in [5.41, 5.74) is 9.09. The molecule has 7 aromatic carbocycles. The number of furan rings is 1. The highest BCUT2D eigenvalue weighted by Crippen LogP contribution is 2.39. The molecule has 0 atom stereocenters. The second-order valence-electron chi connectivity index (χ2n) is 11.6. The molecule has 0 aliphatic heterocycles. The van der Waals surface area contributed by atoms with Crippen LogP contribution in [0.3, 0.4) is 0 Å². The number of nitrogens with zero attached hydrogens (tertiary/aromatic N) is 3. The molecule has 0 saturated carbocycles. The van der Waals surface area contributed by atoms with Gasteiger partial charge in [0.15, 0.2) is 17.5 Å². The summed E-state index contributed by atoms with van der Waals surface area (Å²) in [7, 11) is 0. The van der Waals surface area contributed by atoms with Gasteiger partial charge >= 0.3 is 0 Å². The zero-order valence-corrected chi connectivity index (χ0v) is 25.3. The van der Waals surface area contributed by atoms with Crippen molar-refractivity contribution in [2.45, 2.75) is 0 Å². The molecule has 0 N–H and O–H groups in total. The first-order valence-corrected chi connectivity index (χ1v) is 15.7. The quantitative estimate of drug-likeness (QED) is 0.197. The van der Waals surface area contributed by atoms with Crippen LogP contribution in [-0.4, -0.2) is 15.0 Å². The highest BCUT2D eigenvalue weighted by molar-refractivity contribution is 6.13. The fraction of sp³-hybridized carbons (Fsp3) is 0. The summed E-state index contributed by atoms with van der Waals surface area (Å²) in [6, 6.07) is 56.3. The largest absolute Gasteiger partial charge is 0.456 e. The van der Waals surface area contributed by atoms with Crippen LogP contribution in [0.25, 0.3) is 89.1 Å². The predicted molar refractivity (Wildman–Crippen MR) is 192 cm³/mol. The van der Waals surface area contributed by atoms with Gasteiger partial charge in [-0.3, -0.25) is 0 Å². The van der Waals surface area contributed by atoms with Gasteiger partial charge in [-0.25, -0.2) is 15.0 Å². The van der Waals surface area contributed by atoms with E-state index in [0.717, 1.165) is 60.5 Å². The lowest BCUT2D eigenvalue weighted by molar-refractivity contribution is 0.669. The zero-order chi connectivity index (χ0) is 31.2. The van der Waals surface area contributed by atoms with E-state index in [1.165, 1.54) is 11.1 Å². The number of benzene rings is 7. The van der Waals surface area contributed by atoms with Gasteiger partial charge in [-0.1, -0.05) is 146 Å². The van der Waals surface area contributed by atoms with E-state index in [9.17, 15) is 0 Å². The minimum absolute atomic E-state index is 0.598. The van der Waals surface area contributed by atoms with Gasteiger partial charge in [0.2, 0.25) is 0 Å². The molecular weight excluding hydrogens is 574 g/mol. The van der Waals surface area contributed by atoms with E-state index < -0.39 is 0 Å². The molecule has 0 bridgehead atoms. The predicted octanol–water partition coefficient (Wildman–Crippen LogP) is 11.3. The van der Waals surface area contributed by atoms with Crippen molar-refractivity contribution in [2.24, 2.45) is 0 Å². The Hall–Kier alpha value is -6.39. The number of aromatic nitrogens is 3. The van der Waals surface area contributed by atoms with Crippen LogP contribution in [0.5, 0.6) is 0 Å². The van der Waals surface area contributed by atoms with Gasteiger partial charge in [-0.15, -0.1) is 0 Å². The molecular formula is C43H27N3O. The Kier molecular flexibility index (Phi) is 6.43. The summed E-state index contributed by atoms with van der Waals surface area (Å²) in [5.74, 6) is 1.86. The van der Waals surface area contributed by atoms with E-state index in [1.807, 2.05) is 54.6 Å². The topological polar surface area (TPSA) is 51.8 Å². The zero-order valence-electron chi connectivity index (χ0n) is 25.3. The van der Waals surface area contributed by atoms with E-state index in [1.54, 1.807) is 0 Å². The van der Waals surface area contributed by atoms with Crippen LogP contribution in [0.1, 0.15) is 0 Å². The first-order valence-electron chi connectivity index (χ1n) is 15.7. The highest BCUT2D eigenvalue weighted by atomic mass is 16.3. The third-order valence-electron chi connectivity index (χ3n) is 8.76. The molecule has 0 aliphatic carbocycles. The number of fused-ring (bicyclic) bond motifs is 4. The summed E-state index contributed by atoms with van der Waals surface area (Å²) in [6.07, 6.45) is 0. The number of hydrogen-bond acceptors (Lipinski definition) is 4. The van der Waals surface area contributed by atoms with Crippen molar-refractivity contribution in [3.8, 4) is 56.4 Å². The van der Waals surface area contributed by atoms with Crippen LogP contribution >= 0.6 is 0 Å². The monoisotopic (exact) mass is 601 g/mol. The van der Waals surface area contributed by atoms with Crippen LogP contribution in [0.4, 0.5) is 0 Å². The van der Waals surface area contributed by atoms with Crippen molar-refractivity contribution in [1.29, 1.82) is 0 Å². The molecule has 47 heavy (non-hydrogen) atoms. The molecule has 4 heteroatoms. The smallest absolute Gasteiger partial charge is 0.164 e. The first kappa shape index (κ1) is 27.0. The molecule has 4 nitrogen and oxygen atoms in total. The summed E-state index contributed by atoms with van der Waals surface area (Å²) in [4.78, 5) is 15.0. The number of rotatable bonds is 5. The average molecular weight is 602 g/mol. The molecule has 0 unspecified atom stereocenters. The standard InChI is InChI=1S/C43H27N3O/c1-3-11-28(12-4-1)29-21-23-31(24-22-29)35-18-10-20-38-40(35)37-26-25-33(27-39(37)47-38)42-44-41(32-14-5-2-6-15-32)45-43(46-42)36-19-9-16-30-13-7-8-17-34(30)36/h1-27H. The molecule has 220 valence electrons. The second kappa shape index (κ2) is 11.2. The molecule has 0 aliphatic rings. The molecule has 0 fully saturated rings. The molecule has 2 aromatic heterocycles. The van der Waals surface area contributed by atoms with Crippen LogP contribution in [0, 0.1) is 0 Å². The van der Waals surface area contributed by atoms with Crippen LogP contribution < -0.4 is 0 Å². The van der Waals surface area contributed by atoms with E-state index >= 15 is 0 Å². The Morgan fingerprint density at radius 3 is 1.72 bits per heavy atom. The summed E-state index contributed by atoms with van der Waals surface area (Å²) in [6.45, 7) is 0. The minimum atomic E-state index is 0.598. The lowest BCUT2D eigenvalue weighted by atomic mass is 9.96. The van der Waals surface area contributed by atoms with E-state index in [4.69, 9.17) is 19.4 Å². The van der Waals surface area contributed by atoms with Crippen molar-refractivity contribution in [3.05, 3.63) is 164 Å². The Morgan fingerprint density at radius 1 is 0.340 bits per heavy atom. The van der Waals surface area contributed by atoms with Gasteiger partial charge in [0, 0.05) is 27.5 Å². The molecule has 0 spiro atoms. The van der Waals surface area contributed by atoms with E-state index in [0.29, 0.717) is 17.5 Å². The van der Waals surface area contributed by atoms with Gasteiger partial charge in [0.25, 0.3) is 0 Å². The van der Waals surface area contributed by atoms with Gasteiger partial charge in [0.1, 0.15) is 11.2 Å². The van der Waals surface area contributed by atoms with Gasteiger partial charge in [-0.05, 0) is 51.2 Å². The van der Waals surface area contributed by atoms with Gasteiger partial charge in [-0.2, -0.15) is 0 Å². The molecule has 0 saturated heterocycles. The Balaban J connectivity index is 1.18. The second-order valence-corrected chi connectivity index (χ2v) is 11.6. The fourth-order valence-corrected chi connectivity index (χ4v) is 6.44. The molecule has 0 amide bonds. The summed E-state index contributed by atoms with van der Waals surface area (Å²) >= 11 is 0. The Labute approximate surface area is 271 Å². The molecule has 0 radical (unpaired) electrons. The van der Waals surface area contributed by atoms with Gasteiger partial charge in [0.05, 0.1) is 0 Å². The fourth-order valence-electron chi connectivity index (χ4n) is 6.44. The van der Waals surface area contributed by atoms with Crippen LogP contribution in [0.2, 0.25) is 0 Å². The molecule has 2 heterocycles. The van der Waals surface area contributed by atoms with Crippen LogP contribution in [0.15, 0.2) is 168 Å². The van der Waals surface area contributed by atoms with Crippen molar-refractivity contribution in [1.82, 2.24) is 15.0 Å². The third kappa shape index (κ3) is 4.84. The van der Waals surface area contributed by atoms with Gasteiger partial charge < -0.3 is 4.42 Å². The maximum Gasteiger partial charge on any atom is 0.164 e. The maximum absolute atomic E-state index is 6.49. The first-order chi connectivity index (χ1) is 23.3. The SMILES string of the molecule is c1ccc(-c2ccc(-c3cccc4oc5cc(-c6nc(-c7ccccc7)nc(-c7cccc8ccccc78)n6)ccc5c34)cc2)cc1. The number of hydrogen-bond donors (Lipinski definition) is 0. The highest BCUT2D eigenvalue weighted by Gasteiger charge is 2.17. The minimum Gasteiger partial charge on any atom is -0.456 e. The third-order valence-corrected chi connectivity index (χ3v) is 8.76. The normalized spacial score (nSPS) is 11.4. The van der Waals surface area contributed by atoms with E-state index in [-0.39, 0.29) is 0 Å². The maximum atomic E-state index is 6.49. The lowest BCUT2D eigenvalue weighted by Gasteiger charge is -2.10. The van der Waals surface area contributed by atoms with E-state index in [2.05, 4.69) is 109 Å².